The number of fused-ring (bicyclic) bond motifs is 1. The van der Waals surface area contributed by atoms with Crippen LogP contribution < -0.4 is 0 Å². The third-order valence-corrected chi connectivity index (χ3v) is 6.87. The van der Waals surface area contributed by atoms with Gasteiger partial charge in [0.05, 0.1) is 22.0 Å². The topological polar surface area (TPSA) is 46.8 Å². The molecule has 0 atom stereocenters. The van der Waals surface area contributed by atoms with Crippen molar-refractivity contribution in [2.75, 3.05) is 6.54 Å². The third-order valence-electron chi connectivity index (χ3n) is 6.01. The molecular formula is C27H23N5S. The van der Waals surface area contributed by atoms with E-state index < -0.39 is 0 Å². The summed E-state index contributed by atoms with van der Waals surface area (Å²) in [6.07, 6.45) is 5.11. The fourth-order valence-corrected chi connectivity index (χ4v) is 5.02. The highest BCUT2D eigenvalue weighted by Crippen LogP contribution is 2.28. The summed E-state index contributed by atoms with van der Waals surface area (Å²) in [4.78, 5) is 13.1. The summed E-state index contributed by atoms with van der Waals surface area (Å²) in [5, 5.41) is 7.04. The van der Waals surface area contributed by atoms with E-state index in [0.717, 1.165) is 53.7 Å². The van der Waals surface area contributed by atoms with Crippen LogP contribution in [0.1, 0.15) is 16.8 Å². The van der Waals surface area contributed by atoms with Crippen molar-refractivity contribution in [2.24, 2.45) is 0 Å². The Morgan fingerprint density at radius 2 is 1.73 bits per heavy atom. The molecule has 0 saturated carbocycles. The van der Waals surface area contributed by atoms with E-state index in [2.05, 4.69) is 63.9 Å². The predicted octanol–water partition coefficient (Wildman–Crippen LogP) is 5.62. The van der Waals surface area contributed by atoms with Gasteiger partial charge in [0.25, 0.3) is 0 Å². The molecule has 1 aliphatic heterocycles. The molecule has 5 aromatic rings. The normalized spacial score (nSPS) is 13.7. The Labute approximate surface area is 197 Å². The fraction of sp³-hybridized carbons (Fsp3) is 0.148. The van der Waals surface area contributed by atoms with Gasteiger partial charge in [0.15, 0.2) is 5.82 Å². The van der Waals surface area contributed by atoms with E-state index in [4.69, 9.17) is 10.1 Å². The average molecular weight is 450 g/mol. The average Bonchev–Trinajstić information content (AvgIpc) is 3.56. The first-order valence-corrected chi connectivity index (χ1v) is 12.0. The van der Waals surface area contributed by atoms with Crippen LogP contribution in [0.4, 0.5) is 0 Å². The van der Waals surface area contributed by atoms with Gasteiger partial charge in [0.1, 0.15) is 0 Å². The molecule has 0 N–H and O–H groups in total. The maximum Gasteiger partial charge on any atom is 0.169 e. The summed E-state index contributed by atoms with van der Waals surface area (Å²) in [6.45, 7) is 2.66. The van der Waals surface area contributed by atoms with Gasteiger partial charge in [-0.2, -0.15) is 5.10 Å². The van der Waals surface area contributed by atoms with Crippen molar-refractivity contribution >= 4 is 11.3 Å². The van der Waals surface area contributed by atoms with Crippen molar-refractivity contribution in [1.29, 1.82) is 0 Å². The standard InChI is InChI=1S/C27H23N5S/c1-3-8-20(9-4-1)26-22(19-32(30-26)23-10-5-2-6-11-23)18-31-14-13-24-21(17-31)16-28-27(29-24)25-12-7-15-33-25/h1-12,15-16,19H,13-14,17-18H2. The summed E-state index contributed by atoms with van der Waals surface area (Å²) in [5.41, 5.74) is 6.87. The van der Waals surface area contributed by atoms with Crippen LogP contribution in [0, 0.1) is 0 Å². The largest absolute Gasteiger partial charge is 0.294 e. The van der Waals surface area contributed by atoms with Gasteiger partial charge >= 0.3 is 0 Å². The van der Waals surface area contributed by atoms with Crippen LogP contribution in [-0.4, -0.2) is 31.2 Å². The molecule has 6 heteroatoms. The summed E-state index contributed by atoms with van der Waals surface area (Å²) >= 11 is 1.68. The number of rotatable bonds is 5. The van der Waals surface area contributed by atoms with Crippen LogP contribution in [0.3, 0.4) is 0 Å². The minimum atomic E-state index is 0.836. The van der Waals surface area contributed by atoms with E-state index in [-0.39, 0.29) is 0 Å². The minimum absolute atomic E-state index is 0.836. The smallest absolute Gasteiger partial charge is 0.169 e. The SMILES string of the molecule is c1ccc(-c2nn(-c3ccccc3)cc2CN2CCc3nc(-c4cccs4)ncc3C2)cc1. The zero-order valence-electron chi connectivity index (χ0n) is 18.1. The quantitative estimate of drug-likeness (QED) is 0.350. The number of hydrogen-bond acceptors (Lipinski definition) is 5. The summed E-state index contributed by atoms with van der Waals surface area (Å²) in [5.74, 6) is 0.840. The highest BCUT2D eigenvalue weighted by Gasteiger charge is 2.22. The first-order chi connectivity index (χ1) is 16.3. The van der Waals surface area contributed by atoms with E-state index in [1.807, 2.05) is 41.2 Å². The molecule has 2 aromatic carbocycles. The van der Waals surface area contributed by atoms with E-state index in [1.54, 1.807) is 11.3 Å². The van der Waals surface area contributed by atoms with Crippen molar-refractivity contribution in [2.45, 2.75) is 19.5 Å². The highest BCUT2D eigenvalue weighted by molar-refractivity contribution is 7.13. The number of benzene rings is 2. The predicted molar refractivity (Wildman–Crippen MR) is 132 cm³/mol. The van der Waals surface area contributed by atoms with Crippen LogP contribution in [0.2, 0.25) is 0 Å². The molecule has 0 radical (unpaired) electrons. The second-order valence-corrected chi connectivity index (χ2v) is 9.20. The Kier molecular flexibility index (Phi) is 5.30. The molecule has 1 aliphatic rings. The first kappa shape index (κ1) is 20.0. The number of aromatic nitrogens is 4. The van der Waals surface area contributed by atoms with Crippen molar-refractivity contribution in [3.05, 3.63) is 107 Å². The van der Waals surface area contributed by atoms with Crippen molar-refractivity contribution < 1.29 is 0 Å². The lowest BCUT2D eigenvalue weighted by atomic mass is 10.0. The lowest BCUT2D eigenvalue weighted by Crippen LogP contribution is -2.31. The molecule has 0 fully saturated rings. The maximum absolute atomic E-state index is 4.97. The molecule has 0 bridgehead atoms. The third kappa shape index (κ3) is 4.11. The van der Waals surface area contributed by atoms with E-state index >= 15 is 0 Å². The molecule has 0 aliphatic carbocycles. The van der Waals surface area contributed by atoms with E-state index in [1.165, 1.54) is 16.8 Å². The van der Waals surface area contributed by atoms with Gasteiger partial charge < -0.3 is 0 Å². The molecular weight excluding hydrogens is 426 g/mol. The van der Waals surface area contributed by atoms with Gasteiger partial charge in [0, 0.05) is 55.1 Å². The minimum Gasteiger partial charge on any atom is -0.294 e. The lowest BCUT2D eigenvalue weighted by molar-refractivity contribution is 0.243. The summed E-state index contributed by atoms with van der Waals surface area (Å²) in [6, 6.07) is 24.9. The molecule has 5 nitrogen and oxygen atoms in total. The maximum atomic E-state index is 4.97. The second kappa shape index (κ2) is 8.73. The van der Waals surface area contributed by atoms with Crippen molar-refractivity contribution in [1.82, 2.24) is 24.6 Å². The molecule has 33 heavy (non-hydrogen) atoms. The summed E-state index contributed by atoms with van der Waals surface area (Å²) < 4.78 is 1.99. The molecule has 4 heterocycles. The van der Waals surface area contributed by atoms with Crippen molar-refractivity contribution in [3.8, 4) is 27.6 Å². The van der Waals surface area contributed by atoms with Crippen LogP contribution in [-0.2, 0) is 19.5 Å². The van der Waals surface area contributed by atoms with Gasteiger partial charge in [0.2, 0.25) is 0 Å². The molecule has 0 spiro atoms. The Bertz CT molecular complexity index is 1360. The molecule has 6 rings (SSSR count). The molecule has 162 valence electrons. The molecule has 0 saturated heterocycles. The number of nitrogens with zero attached hydrogens (tertiary/aromatic N) is 5. The van der Waals surface area contributed by atoms with Gasteiger partial charge in [-0.15, -0.1) is 11.3 Å². The Balaban J connectivity index is 1.28. The number of para-hydroxylation sites is 1. The Morgan fingerprint density at radius 1 is 0.909 bits per heavy atom. The van der Waals surface area contributed by atoms with Crippen LogP contribution >= 0.6 is 11.3 Å². The van der Waals surface area contributed by atoms with Crippen LogP contribution in [0.25, 0.3) is 27.6 Å². The Morgan fingerprint density at radius 3 is 2.52 bits per heavy atom. The number of hydrogen-bond donors (Lipinski definition) is 0. The highest BCUT2D eigenvalue weighted by atomic mass is 32.1. The van der Waals surface area contributed by atoms with Gasteiger partial charge in [-0.3, -0.25) is 4.90 Å². The van der Waals surface area contributed by atoms with Crippen molar-refractivity contribution in [3.63, 3.8) is 0 Å². The van der Waals surface area contributed by atoms with Gasteiger partial charge in [-0.25, -0.2) is 14.6 Å². The lowest BCUT2D eigenvalue weighted by Gasteiger charge is -2.27. The Hall–Kier alpha value is -3.61. The summed E-state index contributed by atoms with van der Waals surface area (Å²) in [7, 11) is 0. The van der Waals surface area contributed by atoms with Crippen LogP contribution in [0.5, 0.6) is 0 Å². The van der Waals surface area contributed by atoms with E-state index in [9.17, 15) is 0 Å². The number of thiophene rings is 1. The molecule has 3 aromatic heterocycles. The first-order valence-electron chi connectivity index (χ1n) is 11.1. The zero-order valence-corrected chi connectivity index (χ0v) is 18.9. The van der Waals surface area contributed by atoms with E-state index in [0.29, 0.717) is 0 Å². The van der Waals surface area contributed by atoms with Gasteiger partial charge in [-0.05, 0) is 23.6 Å². The van der Waals surface area contributed by atoms with Crippen LogP contribution in [0.15, 0.2) is 90.6 Å². The zero-order chi connectivity index (χ0) is 22.0. The second-order valence-electron chi connectivity index (χ2n) is 8.25. The monoisotopic (exact) mass is 449 g/mol. The molecule has 0 unspecified atom stereocenters. The van der Waals surface area contributed by atoms with Gasteiger partial charge in [-0.1, -0.05) is 54.6 Å². The fourth-order valence-electron chi connectivity index (χ4n) is 4.35. The molecule has 0 amide bonds.